The van der Waals surface area contributed by atoms with Gasteiger partial charge in [-0.3, -0.25) is 13.9 Å². The predicted molar refractivity (Wildman–Crippen MR) is 163 cm³/mol. The minimum atomic E-state index is -3.81. The summed E-state index contributed by atoms with van der Waals surface area (Å²) in [5.41, 5.74) is 2.06. The highest BCUT2D eigenvalue weighted by atomic mass is 79.9. The van der Waals surface area contributed by atoms with Crippen molar-refractivity contribution in [1.82, 2.24) is 10.2 Å². The number of nitrogens with one attached hydrogen (secondary N) is 1. The molecule has 7 nitrogen and oxygen atoms in total. The number of halogens is 2. The second kappa shape index (κ2) is 14.1. The zero-order valence-electron chi connectivity index (χ0n) is 22.2. The van der Waals surface area contributed by atoms with E-state index in [0.29, 0.717) is 16.7 Å². The van der Waals surface area contributed by atoms with Crippen LogP contribution in [-0.4, -0.2) is 50.5 Å². The molecule has 0 aromatic heterocycles. The van der Waals surface area contributed by atoms with Crippen molar-refractivity contribution >= 4 is 59.4 Å². The summed E-state index contributed by atoms with van der Waals surface area (Å²) in [7, 11) is -3.81. The van der Waals surface area contributed by atoms with Gasteiger partial charge in [-0.2, -0.15) is 0 Å². The Hall–Kier alpha value is -2.69. The van der Waals surface area contributed by atoms with Crippen LogP contribution in [0.5, 0.6) is 0 Å². The Morgan fingerprint density at radius 1 is 0.872 bits per heavy atom. The highest BCUT2D eigenvalue weighted by Crippen LogP contribution is 2.24. The van der Waals surface area contributed by atoms with Crippen LogP contribution in [0.15, 0.2) is 87.8 Å². The van der Waals surface area contributed by atoms with Crippen molar-refractivity contribution in [2.75, 3.05) is 23.7 Å². The van der Waals surface area contributed by atoms with E-state index < -0.39 is 28.5 Å². The summed E-state index contributed by atoms with van der Waals surface area (Å²) < 4.78 is 28.3. The second-order valence-corrected chi connectivity index (χ2v) is 13.5. The third kappa shape index (κ3) is 9.47. The number of hydrogen-bond acceptors (Lipinski definition) is 4. The number of sulfonamides is 1. The highest BCUT2D eigenvalue weighted by Gasteiger charge is 2.33. The standard InChI is InChI=1S/C29H33Br2N3O4S/c1-21(2)18-32-29(36)27(16-22-8-5-4-6-9-22)33(19-23-12-14-24(30)15-13-23)28(35)20-34(39(3,37)38)26-11-7-10-25(31)17-26/h4-15,17,21,27H,16,18-20H2,1-3H3,(H,32,36)/t27-/m0/s1. The third-order valence-electron chi connectivity index (χ3n) is 6.00. The Morgan fingerprint density at radius 3 is 2.13 bits per heavy atom. The van der Waals surface area contributed by atoms with Crippen molar-refractivity contribution in [2.45, 2.75) is 32.9 Å². The molecule has 1 atom stereocenters. The van der Waals surface area contributed by atoms with Gasteiger partial charge in [0.25, 0.3) is 0 Å². The second-order valence-electron chi connectivity index (χ2n) is 9.74. The molecule has 1 N–H and O–H groups in total. The quantitative estimate of drug-likeness (QED) is 0.278. The van der Waals surface area contributed by atoms with Gasteiger partial charge in [0.2, 0.25) is 21.8 Å². The van der Waals surface area contributed by atoms with Crippen molar-refractivity contribution < 1.29 is 18.0 Å². The lowest BCUT2D eigenvalue weighted by molar-refractivity contribution is -0.140. The van der Waals surface area contributed by atoms with E-state index in [1.165, 1.54) is 4.90 Å². The number of nitrogens with zero attached hydrogens (tertiary/aromatic N) is 2. The first-order valence-corrected chi connectivity index (χ1v) is 16.0. The fraction of sp³-hybridized carbons (Fsp3) is 0.310. The van der Waals surface area contributed by atoms with Crippen LogP contribution in [-0.2, 0) is 32.6 Å². The Labute approximate surface area is 247 Å². The summed E-state index contributed by atoms with van der Waals surface area (Å²) in [5, 5.41) is 2.98. The highest BCUT2D eigenvalue weighted by molar-refractivity contribution is 9.10. The summed E-state index contributed by atoms with van der Waals surface area (Å²) >= 11 is 6.81. The average molecular weight is 679 g/mol. The van der Waals surface area contributed by atoms with Crippen LogP contribution in [0.1, 0.15) is 25.0 Å². The van der Waals surface area contributed by atoms with E-state index in [4.69, 9.17) is 0 Å². The molecular formula is C29H33Br2N3O4S. The van der Waals surface area contributed by atoms with Gasteiger partial charge < -0.3 is 10.2 Å². The topological polar surface area (TPSA) is 86.8 Å². The first-order chi connectivity index (χ1) is 18.4. The molecule has 0 aliphatic rings. The maximum atomic E-state index is 14.0. The van der Waals surface area contributed by atoms with Gasteiger partial charge >= 0.3 is 0 Å². The molecule has 3 aromatic carbocycles. The van der Waals surface area contributed by atoms with E-state index in [1.807, 2.05) is 68.4 Å². The maximum absolute atomic E-state index is 14.0. The zero-order valence-corrected chi connectivity index (χ0v) is 26.2. The van der Waals surface area contributed by atoms with Gasteiger partial charge in [0.05, 0.1) is 11.9 Å². The van der Waals surface area contributed by atoms with Crippen molar-refractivity contribution in [3.05, 3.63) is 98.9 Å². The molecule has 0 fully saturated rings. The largest absolute Gasteiger partial charge is 0.354 e. The van der Waals surface area contributed by atoms with Gasteiger partial charge in [-0.05, 0) is 47.4 Å². The molecule has 0 aliphatic heterocycles. The summed E-state index contributed by atoms with van der Waals surface area (Å²) in [6.07, 6.45) is 1.35. The van der Waals surface area contributed by atoms with Crippen LogP contribution in [0.25, 0.3) is 0 Å². The molecule has 0 unspecified atom stereocenters. The normalized spacial score (nSPS) is 12.2. The minimum Gasteiger partial charge on any atom is -0.354 e. The van der Waals surface area contributed by atoms with E-state index in [2.05, 4.69) is 37.2 Å². The van der Waals surface area contributed by atoms with Gasteiger partial charge in [-0.1, -0.05) is 94.2 Å². The number of carbonyl (C=O) groups is 2. The summed E-state index contributed by atoms with van der Waals surface area (Å²) in [5.74, 6) is -0.547. The number of amides is 2. The molecule has 0 radical (unpaired) electrons. The lowest BCUT2D eigenvalue weighted by Gasteiger charge is -2.33. The third-order valence-corrected chi connectivity index (χ3v) is 8.16. The Kier molecular flexibility index (Phi) is 11.1. The van der Waals surface area contributed by atoms with E-state index in [1.54, 1.807) is 24.3 Å². The smallest absolute Gasteiger partial charge is 0.244 e. The van der Waals surface area contributed by atoms with Gasteiger partial charge in [0.1, 0.15) is 12.6 Å². The number of rotatable bonds is 12. The summed E-state index contributed by atoms with van der Waals surface area (Å²) in [6, 6.07) is 22.9. The monoisotopic (exact) mass is 677 g/mol. The van der Waals surface area contributed by atoms with Gasteiger partial charge in [-0.25, -0.2) is 8.42 Å². The zero-order chi connectivity index (χ0) is 28.6. The fourth-order valence-electron chi connectivity index (χ4n) is 4.01. The SMILES string of the molecule is CC(C)CNC(=O)[C@H](Cc1ccccc1)N(Cc1ccc(Br)cc1)C(=O)CN(c1cccc(Br)c1)S(C)(=O)=O. The van der Waals surface area contributed by atoms with E-state index >= 15 is 0 Å². The van der Waals surface area contributed by atoms with Crippen molar-refractivity contribution in [3.8, 4) is 0 Å². The molecular weight excluding hydrogens is 646 g/mol. The Balaban J connectivity index is 2.04. The first-order valence-electron chi connectivity index (χ1n) is 12.5. The molecule has 0 bridgehead atoms. The van der Waals surface area contributed by atoms with Crippen LogP contribution < -0.4 is 9.62 Å². The van der Waals surface area contributed by atoms with Crippen LogP contribution in [0.3, 0.4) is 0 Å². The molecule has 3 aromatic rings. The molecule has 0 saturated heterocycles. The molecule has 3 rings (SSSR count). The lowest BCUT2D eigenvalue weighted by atomic mass is 10.0. The molecule has 0 spiro atoms. The minimum absolute atomic E-state index is 0.134. The Bertz CT molecular complexity index is 1370. The number of hydrogen-bond donors (Lipinski definition) is 1. The van der Waals surface area contributed by atoms with Crippen LogP contribution in [0, 0.1) is 5.92 Å². The van der Waals surface area contributed by atoms with E-state index in [0.717, 1.165) is 26.2 Å². The first kappa shape index (κ1) is 30.8. The molecule has 0 aliphatic carbocycles. The average Bonchev–Trinajstić information content (AvgIpc) is 2.88. The van der Waals surface area contributed by atoms with Gasteiger partial charge in [0, 0.05) is 28.5 Å². The predicted octanol–water partition coefficient (Wildman–Crippen LogP) is 5.39. The Morgan fingerprint density at radius 2 is 1.54 bits per heavy atom. The number of benzene rings is 3. The molecule has 10 heteroatoms. The van der Waals surface area contributed by atoms with Crippen molar-refractivity contribution in [2.24, 2.45) is 5.92 Å². The molecule has 208 valence electrons. The van der Waals surface area contributed by atoms with Crippen LogP contribution in [0.2, 0.25) is 0 Å². The summed E-state index contributed by atoms with van der Waals surface area (Å²) in [4.78, 5) is 29.1. The van der Waals surface area contributed by atoms with Crippen LogP contribution in [0.4, 0.5) is 5.69 Å². The van der Waals surface area contributed by atoms with E-state index in [-0.39, 0.29) is 24.8 Å². The molecule has 0 heterocycles. The van der Waals surface area contributed by atoms with Gasteiger partial charge in [0.15, 0.2) is 0 Å². The molecule has 0 saturated carbocycles. The summed E-state index contributed by atoms with van der Waals surface area (Å²) in [6.45, 7) is 4.14. The maximum Gasteiger partial charge on any atom is 0.244 e. The lowest BCUT2D eigenvalue weighted by Crippen LogP contribution is -2.53. The van der Waals surface area contributed by atoms with Crippen molar-refractivity contribution in [1.29, 1.82) is 0 Å². The van der Waals surface area contributed by atoms with Crippen molar-refractivity contribution in [3.63, 3.8) is 0 Å². The number of carbonyl (C=O) groups excluding carboxylic acids is 2. The molecule has 2 amide bonds. The van der Waals surface area contributed by atoms with Gasteiger partial charge in [-0.15, -0.1) is 0 Å². The molecule has 39 heavy (non-hydrogen) atoms. The number of anilines is 1. The van der Waals surface area contributed by atoms with Crippen LogP contribution >= 0.6 is 31.9 Å². The fourth-order valence-corrected chi connectivity index (χ4v) is 5.50. The van der Waals surface area contributed by atoms with E-state index in [9.17, 15) is 18.0 Å².